The van der Waals surface area contributed by atoms with Gasteiger partial charge in [-0.15, -0.1) is 6.58 Å². The number of carbonyl (C=O) groups excluding carboxylic acids is 2. The minimum atomic E-state index is -0.369. The van der Waals surface area contributed by atoms with Crippen LogP contribution in [0.2, 0.25) is 0 Å². The van der Waals surface area contributed by atoms with E-state index >= 15 is 0 Å². The number of hydrogen-bond donors (Lipinski definition) is 1. The van der Waals surface area contributed by atoms with Crippen LogP contribution in [0.15, 0.2) is 36.9 Å². The molecule has 1 heterocycles. The van der Waals surface area contributed by atoms with Crippen molar-refractivity contribution in [2.45, 2.75) is 12.8 Å². The summed E-state index contributed by atoms with van der Waals surface area (Å²) in [5.74, 6) is -0.766. The molecule has 1 aliphatic heterocycles. The number of carbonyl (C=O) groups is 2. The molecular formula is C16H19FN2O2. The quantitative estimate of drug-likeness (QED) is 0.862. The van der Waals surface area contributed by atoms with Gasteiger partial charge in [-0.1, -0.05) is 6.08 Å². The van der Waals surface area contributed by atoms with Crippen molar-refractivity contribution in [1.29, 1.82) is 0 Å². The first kappa shape index (κ1) is 15.2. The number of rotatable bonds is 4. The third-order valence-corrected chi connectivity index (χ3v) is 3.59. The van der Waals surface area contributed by atoms with Gasteiger partial charge in [-0.05, 0) is 37.1 Å². The Morgan fingerprint density at radius 2 is 2.10 bits per heavy atom. The van der Waals surface area contributed by atoms with E-state index < -0.39 is 0 Å². The van der Waals surface area contributed by atoms with Crippen molar-refractivity contribution in [2.75, 3.05) is 19.6 Å². The van der Waals surface area contributed by atoms with Gasteiger partial charge in [0.05, 0.1) is 5.92 Å². The van der Waals surface area contributed by atoms with Crippen LogP contribution in [0, 0.1) is 11.7 Å². The van der Waals surface area contributed by atoms with Crippen LogP contribution in [0.4, 0.5) is 4.39 Å². The number of halogens is 1. The van der Waals surface area contributed by atoms with Crippen molar-refractivity contribution < 1.29 is 14.0 Å². The second-order valence-corrected chi connectivity index (χ2v) is 5.13. The number of nitrogens with zero attached hydrogens (tertiary/aromatic N) is 1. The van der Waals surface area contributed by atoms with Crippen LogP contribution in [0.3, 0.4) is 0 Å². The number of amides is 2. The van der Waals surface area contributed by atoms with Gasteiger partial charge < -0.3 is 10.2 Å². The summed E-state index contributed by atoms with van der Waals surface area (Å²) < 4.78 is 12.9. The van der Waals surface area contributed by atoms with Crippen molar-refractivity contribution >= 4 is 11.8 Å². The fourth-order valence-electron chi connectivity index (χ4n) is 2.47. The number of hydrogen-bond acceptors (Lipinski definition) is 2. The molecule has 1 aliphatic rings. The Balaban J connectivity index is 2.00. The normalized spacial score (nSPS) is 18.1. The van der Waals surface area contributed by atoms with E-state index in [9.17, 15) is 14.0 Å². The van der Waals surface area contributed by atoms with Crippen LogP contribution in [-0.2, 0) is 4.79 Å². The Morgan fingerprint density at radius 1 is 1.38 bits per heavy atom. The molecular weight excluding hydrogens is 271 g/mol. The highest BCUT2D eigenvalue weighted by Crippen LogP contribution is 2.19. The molecule has 0 saturated carbocycles. The standard InChI is InChI=1S/C16H19FN2O2/c1-2-9-18-15(20)13-4-3-10-19(11-13)16(21)12-5-7-14(17)8-6-12/h2,5-8,13H,1,3-4,9-11H2,(H,18,20)/t13-/m1/s1. The van der Waals surface area contributed by atoms with E-state index in [-0.39, 0.29) is 23.5 Å². The molecule has 2 amide bonds. The first-order chi connectivity index (χ1) is 10.1. The molecule has 1 N–H and O–H groups in total. The lowest BCUT2D eigenvalue weighted by Gasteiger charge is -2.32. The molecule has 0 bridgehead atoms. The van der Waals surface area contributed by atoms with Gasteiger partial charge in [-0.25, -0.2) is 4.39 Å². The van der Waals surface area contributed by atoms with E-state index in [1.54, 1.807) is 11.0 Å². The van der Waals surface area contributed by atoms with Crippen LogP contribution in [-0.4, -0.2) is 36.3 Å². The highest BCUT2D eigenvalue weighted by atomic mass is 19.1. The maximum atomic E-state index is 12.9. The van der Waals surface area contributed by atoms with E-state index in [0.29, 0.717) is 25.2 Å². The van der Waals surface area contributed by atoms with Gasteiger partial charge in [0, 0.05) is 25.2 Å². The summed E-state index contributed by atoms with van der Waals surface area (Å²) in [6.07, 6.45) is 3.19. The molecule has 112 valence electrons. The summed E-state index contributed by atoms with van der Waals surface area (Å²) in [7, 11) is 0. The van der Waals surface area contributed by atoms with Crippen LogP contribution < -0.4 is 5.32 Å². The molecule has 1 aromatic rings. The summed E-state index contributed by atoms with van der Waals surface area (Å²) in [6, 6.07) is 5.48. The maximum absolute atomic E-state index is 12.9. The molecule has 1 atom stereocenters. The van der Waals surface area contributed by atoms with E-state index in [1.807, 2.05) is 0 Å². The summed E-state index contributed by atoms with van der Waals surface area (Å²) in [5.41, 5.74) is 0.448. The lowest BCUT2D eigenvalue weighted by atomic mass is 9.96. The van der Waals surface area contributed by atoms with Crippen LogP contribution >= 0.6 is 0 Å². The van der Waals surface area contributed by atoms with E-state index in [1.165, 1.54) is 24.3 Å². The highest BCUT2D eigenvalue weighted by Gasteiger charge is 2.28. The van der Waals surface area contributed by atoms with Crippen LogP contribution in [0.1, 0.15) is 23.2 Å². The number of piperidine rings is 1. The fourth-order valence-corrected chi connectivity index (χ4v) is 2.47. The van der Waals surface area contributed by atoms with Gasteiger partial charge in [0.2, 0.25) is 5.91 Å². The Hall–Kier alpha value is -2.17. The van der Waals surface area contributed by atoms with Crippen LogP contribution in [0.5, 0.6) is 0 Å². The van der Waals surface area contributed by atoms with E-state index in [4.69, 9.17) is 0 Å². The molecule has 5 heteroatoms. The average molecular weight is 290 g/mol. The number of benzene rings is 1. The molecule has 1 fully saturated rings. The summed E-state index contributed by atoms with van der Waals surface area (Å²) in [5, 5.41) is 2.76. The first-order valence-electron chi connectivity index (χ1n) is 7.05. The Morgan fingerprint density at radius 3 is 2.76 bits per heavy atom. The zero-order valence-electron chi connectivity index (χ0n) is 11.8. The van der Waals surface area contributed by atoms with Crippen molar-refractivity contribution in [3.8, 4) is 0 Å². The second kappa shape index (κ2) is 7.02. The largest absolute Gasteiger partial charge is 0.352 e. The van der Waals surface area contributed by atoms with Gasteiger partial charge in [-0.3, -0.25) is 9.59 Å². The van der Waals surface area contributed by atoms with E-state index in [2.05, 4.69) is 11.9 Å². The zero-order chi connectivity index (χ0) is 15.2. The third-order valence-electron chi connectivity index (χ3n) is 3.59. The molecule has 2 rings (SSSR count). The SMILES string of the molecule is C=CCNC(=O)[C@@H]1CCCN(C(=O)c2ccc(F)cc2)C1. The Kier molecular flexibility index (Phi) is 5.09. The lowest BCUT2D eigenvalue weighted by Crippen LogP contribution is -2.45. The second-order valence-electron chi connectivity index (χ2n) is 5.13. The third kappa shape index (κ3) is 3.90. The molecule has 0 aromatic heterocycles. The number of nitrogens with one attached hydrogen (secondary N) is 1. The molecule has 4 nitrogen and oxygen atoms in total. The minimum absolute atomic E-state index is 0.0495. The Bertz CT molecular complexity index is 528. The van der Waals surface area contributed by atoms with Crippen molar-refractivity contribution in [3.63, 3.8) is 0 Å². The van der Waals surface area contributed by atoms with E-state index in [0.717, 1.165) is 12.8 Å². The fraction of sp³-hybridized carbons (Fsp3) is 0.375. The molecule has 21 heavy (non-hydrogen) atoms. The monoisotopic (exact) mass is 290 g/mol. The average Bonchev–Trinajstić information content (AvgIpc) is 2.52. The lowest BCUT2D eigenvalue weighted by molar-refractivity contribution is -0.126. The number of likely N-dealkylation sites (tertiary alicyclic amines) is 1. The minimum Gasteiger partial charge on any atom is -0.352 e. The highest BCUT2D eigenvalue weighted by molar-refractivity contribution is 5.94. The topological polar surface area (TPSA) is 49.4 Å². The predicted octanol–water partition coefficient (Wildman–Crippen LogP) is 1.98. The zero-order valence-corrected chi connectivity index (χ0v) is 11.8. The van der Waals surface area contributed by atoms with Crippen molar-refractivity contribution in [1.82, 2.24) is 10.2 Å². The first-order valence-corrected chi connectivity index (χ1v) is 7.05. The molecule has 0 unspecified atom stereocenters. The summed E-state index contributed by atoms with van der Waals surface area (Å²) in [4.78, 5) is 26.0. The molecule has 0 spiro atoms. The summed E-state index contributed by atoms with van der Waals surface area (Å²) in [6.45, 7) is 5.02. The van der Waals surface area contributed by atoms with Crippen molar-refractivity contribution in [3.05, 3.63) is 48.3 Å². The maximum Gasteiger partial charge on any atom is 0.253 e. The van der Waals surface area contributed by atoms with Crippen LogP contribution in [0.25, 0.3) is 0 Å². The smallest absolute Gasteiger partial charge is 0.253 e. The predicted molar refractivity (Wildman–Crippen MR) is 78.2 cm³/mol. The van der Waals surface area contributed by atoms with Gasteiger partial charge in [-0.2, -0.15) is 0 Å². The Labute approximate surface area is 123 Å². The van der Waals surface area contributed by atoms with Gasteiger partial charge in [0.1, 0.15) is 5.82 Å². The van der Waals surface area contributed by atoms with Gasteiger partial charge in [0.15, 0.2) is 0 Å². The van der Waals surface area contributed by atoms with Gasteiger partial charge in [0.25, 0.3) is 5.91 Å². The summed E-state index contributed by atoms with van der Waals surface area (Å²) >= 11 is 0. The molecule has 0 radical (unpaired) electrons. The van der Waals surface area contributed by atoms with Gasteiger partial charge >= 0.3 is 0 Å². The molecule has 1 saturated heterocycles. The molecule has 0 aliphatic carbocycles. The molecule has 1 aromatic carbocycles. The van der Waals surface area contributed by atoms with Crippen molar-refractivity contribution in [2.24, 2.45) is 5.92 Å².